The fourth-order valence-corrected chi connectivity index (χ4v) is 3.20. The number of carbonyl (C=O) groups excluding carboxylic acids is 2. The number of nitrogens with zero attached hydrogens (tertiary/aromatic N) is 2. The third kappa shape index (κ3) is 2.99. The van der Waals surface area contributed by atoms with Gasteiger partial charge < -0.3 is 14.7 Å². The van der Waals surface area contributed by atoms with Gasteiger partial charge >= 0.3 is 0 Å². The van der Waals surface area contributed by atoms with E-state index in [4.69, 9.17) is 27.7 Å². The van der Waals surface area contributed by atoms with Gasteiger partial charge in [-0.1, -0.05) is 34.4 Å². The summed E-state index contributed by atoms with van der Waals surface area (Å²) in [5, 5.41) is 7.60. The second kappa shape index (κ2) is 6.45. The SMILES string of the molecule is CC(=O)N1CC(NC(=O)c2c(-c3c(Cl)cccc3Cl)noc2C)C1. The molecule has 0 bridgehead atoms. The lowest BCUT2D eigenvalue weighted by Gasteiger charge is -2.38. The maximum Gasteiger partial charge on any atom is 0.257 e. The molecule has 6 nitrogen and oxygen atoms in total. The van der Waals surface area contributed by atoms with Gasteiger partial charge in [0, 0.05) is 25.6 Å². The van der Waals surface area contributed by atoms with Crippen LogP contribution in [0.25, 0.3) is 11.3 Å². The Labute approximate surface area is 148 Å². The van der Waals surface area contributed by atoms with Crippen molar-refractivity contribution in [2.45, 2.75) is 19.9 Å². The molecule has 2 aromatic rings. The van der Waals surface area contributed by atoms with Gasteiger partial charge in [0.25, 0.3) is 5.91 Å². The predicted molar refractivity (Wildman–Crippen MR) is 90.2 cm³/mol. The summed E-state index contributed by atoms with van der Waals surface area (Å²) < 4.78 is 5.18. The molecule has 1 fully saturated rings. The van der Waals surface area contributed by atoms with Crippen LogP contribution in [0.2, 0.25) is 10.0 Å². The molecule has 1 aliphatic heterocycles. The summed E-state index contributed by atoms with van der Waals surface area (Å²) in [5.41, 5.74) is 1.07. The number of aromatic nitrogens is 1. The molecule has 8 heteroatoms. The first kappa shape index (κ1) is 16.8. The van der Waals surface area contributed by atoms with Gasteiger partial charge in [-0.2, -0.15) is 0 Å². The first-order chi connectivity index (χ1) is 11.4. The first-order valence-corrected chi connectivity index (χ1v) is 8.11. The molecule has 2 heterocycles. The van der Waals surface area contributed by atoms with Crippen LogP contribution in [0.4, 0.5) is 0 Å². The number of aryl methyl sites for hydroxylation is 1. The third-order valence-corrected chi connectivity index (χ3v) is 4.58. The van der Waals surface area contributed by atoms with Gasteiger partial charge in [0.2, 0.25) is 5.91 Å². The Kier molecular flexibility index (Phi) is 4.51. The second-order valence-corrected chi connectivity index (χ2v) is 6.47. The van der Waals surface area contributed by atoms with E-state index in [0.29, 0.717) is 45.7 Å². The molecular formula is C16H15Cl2N3O3. The highest BCUT2D eigenvalue weighted by Gasteiger charge is 2.32. The van der Waals surface area contributed by atoms with Crippen LogP contribution < -0.4 is 5.32 Å². The molecule has 126 valence electrons. The van der Waals surface area contributed by atoms with Crippen molar-refractivity contribution >= 4 is 35.0 Å². The van der Waals surface area contributed by atoms with E-state index in [-0.39, 0.29) is 17.9 Å². The largest absolute Gasteiger partial charge is 0.360 e. The summed E-state index contributed by atoms with van der Waals surface area (Å²) in [7, 11) is 0. The molecule has 0 unspecified atom stereocenters. The molecule has 0 spiro atoms. The lowest BCUT2D eigenvalue weighted by Crippen LogP contribution is -2.60. The van der Waals surface area contributed by atoms with Crippen LogP contribution in [-0.4, -0.2) is 41.0 Å². The van der Waals surface area contributed by atoms with E-state index in [1.54, 1.807) is 30.0 Å². The molecule has 1 aromatic carbocycles. The highest BCUT2D eigenvalue weighted by molar-refractivity contribution is 6.39. The molecule has 1 N–H and O–H groups in total. The van der Waals surface area contributed by atoms with Gasteiger partial charge in [0.1, 0.15) is 17.0 Å². The number of rotatable bonds is 3. The van der Waals surface area contributed by atoms with Crippen molar-refractivity contribution in [2.24, 2.45) is 0 Å². The van der Waals surface area contributed by atoms with E-state index >= 15 is 0 Å². The summed E-state index contributed by atoms with van der Waals surface area (Å²) in [6.45, 7) is 4.14. The fourth-order valence-electron chi connectivity index (χ4n) is 2.62. The summed E-state index contributed by atoms with van der Waals surface area (Å²) in [6, 6.07) is 4.97. The van der Waals surface area contributed by atoms with Crippen LogP contribution >= 0.6 is 23.2 Å². The summed E-state index contributed by atoms with van der Waals surface area (Å²) in [5.74, 6) is 0.0411. The van der Waals surface area contributed by atoms with Crippen LogP contribution in [0.5, 0.6) is 0 Å². The minimum absolute atomic E-state index is 0.00908. The first-order valence-electron chi connectivity index (χ1n) is 7.35. The molecule has 0 radical (unpaired) electrons. The van der Waals surface area contributed by atoms with Crippen molar-refractivity contribution < 1.29 is 14.1 Å². The van der Waals surface area contributed by atoms with Crippen LogP contribution in [-0.2, 0) is 4.79 Å². The zero-order chi connectivity index (χ0) is 17.4. The number of hydrogen-bond acceptors (Lipinski definition) is 4. The number of benzene rings is 1. The highest BCUT2D eigenvalue weighted by Crippen LogP contribution is 2.36. The van der Waals surface area contributed by atoms with Crippen LogP contribution in [0.1, 0.15) is 23.0 Å². The van der Waals surface area contributed by atoms with Crippen molar-refractivity contribution in [1.29, 1.82) is 0 Å². The smallest absolute Gasteiger partial charge is 0.257 e. The average molecular weight is 368 g/mol. The second-order valence-electron chi connectivity index (χ2n) is 5.65. The zero-order valence-electron chi connectivity index (χ0n) is 13.1. The highest BCUT2D eigenvalue weighted by atomic mass is 35.5. The molecule has 1 aliphatic rings. The lowest BCUT2D eigenvalue weighted by atomic mass is 10.0. The third-order valence-electron chi connectivity index (χ3n) is 3.95. The van der Waals surface area contributed by atoms with E-state index < -0.39 is 0 Å². The Morgan fingerprint density at radius 3 is 2.50 bits per heavy atom. The topological polar surface area (TPSA) is 75.4 Å². The lowest BCUT2D eigenvalue weighted by molar-refractivity contribution is -0.133. The van der Waals surface area contributed by atoms with E-state index in [9.17, 15) is 9.59 Å². The summed E-state index contributed by atoms with van der Waals surface area (Å²) >= 11 is 12.4. The molecule has 0 saturated carbocycles. The minimum Gasteiger partial charge on any atom is -0.360 e. The van der Waals surface area contributed by atoms with Crippen molar-refractivity contribution in [3.05, 3.63) is 39.6 Å². The van der Waals surface area contributed by atoms with Gasteiger partial charge in [-0.3, -0.25) is 9.59 Å². The normalized spacial score (nSPS) is 14.4. The number of halogens is 2. The Bertz CT molecular complexity index is 793. The van der Waals surface area contributed by atoms with E-state index in [1.807, 2.05) is 0 Å². The van der Waals surface area contributed by atoms with Gasteiger partial charge in [-0.05, 0) is 19.1 Å². The van der Waals surface area contributed by atoms with Crippen molar-refractivity contribution in [2.75, 3.05) is 13.1 Å². The number of nitrogens with one attached hydrogen (secondary N) is 1. The number of carbonyl (C=O) groups is 2. The van der Waals surface area contributed by atoms with Crippen LogP contribution in [0.3, 0.4) is 0 Å². The molecule has 0 aliphatic carbocycles. The average Bonchev–Trinajstić information content (AvgIpc) is 2.83. The zero-order valence-corrected chi connectivity index (χ0v) is 14.6. The maximum atomic E-state index is 12.6. The number of amides is 2. The van der Waals surface area contributed by atoms with Crippen LogP contribution in [0, 0.1) is 6.92 Å². The van der Waals surface area contributed by atoms with Gasteiger partial charge in [0.05, 0.1) is 16.1 Å². The van der Waals surface area contributed by atoms with Gasteiger partial charge in [-0.25, -0.2) is 0 Å². The standard InChI is InChI=1S/C16H15Cl2N3O3/c1-8-13(16(23)19-10-6-21(7-10)9(2)22)15(20-24-8)14-11(17)4-3-5-12(14)18/h3-5,10H,6-7H2,1-2H3,(H,19,23). The quantitative estimate of drug-likeness (QED) is 0.904. The number of likely N-dealkylation sites (tertiary alicyclic amines) is 1. The van der Waals surface area contributed by atoms with Gasteiger partial charge in [0.15, 0.2) is 0 Å². The molecule has 3 rings (SSSR count). The van der Waals surface area contributed by atoms with Crippen molar-refractivity contribution in [3.8, 4) is 11.3 Å². The number of hydrogen-bond donors (Lipinski definition) is 1. The molecule has 2 amide bonds. The minimum atomic E-state index is -0.326. The Morgan fingerprint density at radius 1 is 1.29 bits per heavy atom. The fraction of sp³-hybridized carbons (Fsp3) is 0.312. The monoisotopic (exact) mass is 367 g/mol. The molecule has 24 heavy (non-hydrogen) atoms. The van der Waals surface area contributed by atoms with E-state index in [0.717, 1.165) is 0 Å². The predicted octanol–water partition coefficient (Wildman–Crippen LogP) is 2.92. The summed E-state index contributed by atoms with van der Waals surface area (Å²) in [4.78, 5) is 25.5. The Morgan fingerprint density at radius 2 is 1.92 bits per heavy atom. The Balaban J connectivity index is 1.86. The van der Waals surface area contributed by atoms with Crippen molar-refractivity contribution in [1.82, 2.24) is 15.4 Å². The molecule has 1 aromatic heterocycles. The van der Waals surface area contributed by atoms with E-state index in [1.165, 1.54) is 6.92 Å². The Hall–Kier alpha value is -2.05. The maximum absolute atomic E-state index is 12.6. The molecular weight excluding hydrogens is 353 g/mol. The molecule has 0 atom stereocenters. The summed E-state index contributed by atoms with van der Waals surface area (Å²) in [6.07, 6.45) is 0. The van der Waals surface area contributed by atoms with E-state index in [2.05, 4.69) is 10.5 Å². The van der Waals surface area contributed by atoms with Crippen LogP contribution in [0.15, 0.2) is 22.7 Å². The van der Waals surface area contributed by atoms with Crippen molar-refractivity contribution in [3.63, 3.8) is 0 Å². The molecule has 1 saturated heterocycles. The van der Waals surface area contributed by atoms with Gasteiger partial charge in [-0.15, -0.1) is 0 Å².